The highest BCUT2D eigenvalue weighted by molar-refractivity contribution is 5.92. The third-order valence-corrected chi connectivity index (χ3v) is 3.81. The Morgan fingerprint density at radius 3 is 2.36 bits per heavy atom. The lowest BCUT2D eigenvalue weighted by atomic mass is 10.3. The van der Waals surface area contributed by atoms with Crippen LogP contribution in [0.1, 0.15) is 16.9 Å². The standard InChI is InChI=1S/C21H22N4O3/c1-27-15-5-14-22-21(26)19-12-13-20(25-24-19)23-16-8-10-18(11-9-16)28-17-6-3-2-4-7-17/h2-4,6-13H,5,14-15H2,1H3,(H,22,26)(H,23,25). The molecule has 28 heavy (non-hydrogen) atoms. The van der Waals surface area contributed by atoms with E-state index >= 15 is 0 Å². The predicted molar refractivity (Wildman–Crippen MR) is 107 cm³/mol. The molecule has 0 fully saturated rings. The number of anilines is 2. The van der Waals surface area contributed by atoms with Crippen molar-refractivity contribution < 1.29 is 14.3 Å². The zero-order valence-corrected chi connectivity index (χ0v) is 15.6. The molecule has 1 amide bonds. The molecule has 0 saturated heterocycles. The van der Waals surface area contributed by atoms with Crippen LogP contribution in [0, 0.1) is 0 Å². The first-order valence-corrected chi connectivity index (χ1v) is 8.95. The van der Waals surface area contributed by atoms with E-state index in [1.54, 1.807) is 19.2 Å². The lowest BCUT2D eigenvalue weighted by molar-refractivity contribution is 0.0942. The summed E-state index contributed by atoms with van der Waals surface area (Å²) in [6.45, 7) is 1.13. The van der Waals surface area contributed by atoms with Crippen molar-refractivity contribution in [2.75, 3.05) is 25.6 Å². The molecule has 7 nitrogen and oxygen atoms in total. The van der Waals surface area contributed by atoms with Crippen LogP contribution in [0.2, 0.25) is 0 Å². The monoisotopic (exact) mass is 378 g/mol. The van der Waals surface area contributed by atoms with Gasteiger partial charge in [0.2, 0.25) is 0 Å². The Labute approximate surface area is 163 Å². The molecule has 0 saturated carbocycles. The highest BCUT2D eigenvalue weighted by atomic mass is 16.5. The summed E-state index contributed by atoms with van der Waals surface area (Å²) in [5.41, 5.74) is 1.11. The van der Waals surface area contributed by atoms with Crippen molar-refractivity contribution >= 4 is 17.4 Å². The summed E-state index contributed by atoms with van der Waals surface area (Å²) in [4.78, 5) is 12.0. The molecule has 1 aromatic heterocycles. The molecule has 2 N–H and O–H groups in total. The molecule has 144 valence electrons. The van der Waals surface area contributed by atoms with Gasteiger partial charge in [0.05, 0.1) is 0 Å². The quantitative estimate of drug-likeness (QED) is 0.551. The third-order valence-electron chi connectivity index (χ3n) is 3.81. The molecule has 3 aromatic rings. The van der Waals surface area contributed by atoms with Crippen LogP contribution in [0.3, 0.4) is 0 Å². The molecular weight excluding hydrogens is 356 g/mol. The van der Waals surface area contributed by atoms with Gasteiger partial charge in [-0.3, -0.25) is 4.79 Å². The molecule has 3 rings (SSSR count). The fourth-order valence-corrected chi connectivity index (χ4v) is 2.41. The average molecular weight is 378 g/mol. The summed E-state index contributed by atoms with van der Waals surface area (Å²) < 4.78 is 10.7. The lowest BCUT2D eigenvalue weighted by Crippen LogP contribution is -2.26. The molecule has 1 heterocycles. The number of ether oxygens (including phenoxy) is 2. The number of nitrogens with one attached hydrogen (secondary N) is 2. The SMILES string of the molecule is COCCCNC(=O)c1ccc(Nc2ccc(Oc3ccccc3)cc2)nn1. The van der Waals surface area contributed by atoms with Gasteiger partial charge in [0, 0.05) is 25.9 Å². The van der Waals surface area contributed by atoms with Crippen LogP contribution in [0.25, 0.3) is 0 Å². The van der Waals surface area contributed by atoms with E-state index in [-0.39, 0.29) is 11.6 Å². The minimum absolute atomic E-state index is 0.252. The molecule has 0 bridgehead atoms. The van der Waals surface area contributed by atoms with Crippen LogP contribution in [0.15, 0.2) is 66.7 Å². The van der Waals surface area contributed by atoms with E-state index in [1.165, 1.54) is 0 Å². The molecule has 0 aliphatic rings. The Balaban J connectivity index is 1.53. The second kappa shape index (κ2) is 10.0. The number of aromatic nitrogens is 2. The normalized spacial score (nSPS) is 10.3. The Bertz CT molecular complexity index is 868. The average Bonchev–Trinajstić information content (AvgIpc) is 2.74. The van der Waals surface area contributed by atoms with Crippen LogP contribution in [-0.2, 0) is 4.74 Å². The number of nitrogens with zero attached hydrogens (tertiary/aromatic N) is 2. The van der Waals surface area contributed by atoms with Gasteiger partial charge in [-0.05, 0) is 55.0 Å². The van der Waals surface area contributed by atoms with Crippen molar-refractivity contribution in [2.45, 2.75) is 6.42 Å². The summed E-state index contributed by atoms with van der Waals surface area (Å²) in [6, 6.07) is 20.4. The summed E-state index contributed by atoms with van der Waals surface area (Å²) in [6.07, 6.45) is 0.749. The largest absolute Gasteiger partial charge is 0.457 e. The lowest BCUT2D eigenvalue weighted by Gasteiger charge is -2.08. The van der Waals surface area contributed by atoms with Gasteiger partial charge in [-0.1, -0.05) is 18.2 Å². The maximum Gasteiger partial charge on any atom is 0.271 e. The summed E-state index contributed by atoms with van der Waals surface area (Å²) in [5, 5.41) is 13.9. The van der Waals surface area contributed by atoms with E-state index in [0.717, 1.165) is 23.6 Å². The van der Waals surface area contributed by atoms with Gasteiger partial charge >= 0.3 is 0 Å². The Kier molecular flexibility index (Phi) is 6.92. The van der Waals surface area contributed by atoms with Crippen molar-refractivity contribution in [1.82, 2.24) is 15.5 Å². The number of para-hydroxylation sites is 1. The van der Waals surface area contributed by atoms with Gasteiger partial charge in [0.25, 0.3) is 5.91 Å². The van der Waals surface area contributed by atoms with E-state index < -0.39 is 0 Å². The first-order valence-electron chi connectivity index (χ1n) is 8.95. The van der Waals surface area contributed by atoms with Crippen molar-refractivity contribution in [3.63, 3.8) is 0 Å². The predicted octanol–water partition coefficient (Wildman–Crippen LogP) is 3.78. The van der Waals surface area contributed by atoms with E-state index in [1.807, 2.05) is 54.6 Å². The minimum Gasteiger partial charge on any atom is -0.457 e. The maximum atomic E-state index is 12.0. The minimum atomic E-state index is -0.252. The fraction of sp³-hybridized carbons (Fsp3) is 0.190. The maximum absolute atomic E-state index is 12.0. The first-order chi connectivity index (χ1) is 13.7. The number of carbonyl (C=O) groups excluding carboxylic acids is 1. The Hall–Kier alpha value is -3.45. The zero-order valence-electron chi connectivity index (χ0n) is 15.6. The van der Waals surface area contributed by atoms with Gasteiger partial charge in [0.15, 0.2) is 11.5 Å². The fourth-order valence-electron chi connectivity index (χ4n) is 2.41. The number of amides is 1. The highest BCUT2D eigenvalue weighted by Gasteiger charge is 2.07. The molecule has 0 aliphatic carbocycles. The smallest absolute Gasteiger partial charge is 0.271 e. The Morgan fingerprint density at radius 2 is 1.68 bits per heavy atom. The van der Waals surface area contributed by atoms with Crippen LogP contribution >= 0.6 is 0 Å². The van der Waals surface area contributed by atoms with Crippen molar-refractivity contribution in [3.05, 3.63) is 72.4 Å². The molecule has 7 heteroatoms. The van der Waals surface area contributed by atoms with Gasteiger partial charge in [-0.15, -0.1) is 10.2 Å². The number of benzene rings is 2. The molecule has 0 atom stereocenters. The van der Waals surface area contributed by atoms with Crippen LogP contribution in [-0.4, -0.2) is 36.4 Å². The van der Waals surface area contributed by atoms with Gasteiger partial charge in [0.1, 0.15) is 11.5 Å². The van der Waals surface area contributed by atoms with Gasteiger partial charge in [-0.25, -0.2) is 0 Å². The molecule has 0 radical (unpaired) electrons. The van der Waals surface area contributed by atoms with Crippen molar-refractivity contribution in [3.8, 4) is 11.5 Å². The van der Waals surface area contributed by atoms with E-state index in [4.69, 9.17) is 9.47 Å². The number of rotatable bonds is 9. The number of carbonyl (C=O) groups is 1. The molecule has 0 aliphatic heterocycles. The van der Waals surface area contributed by atoms with Crippen LogP contribution < -0.4 is 15.4 Å². The highest BCUT2D eigenvalue weighted by Crippen LogP contribution is 2.23. The van der Waals surface area contributed by atoms with Gasteiger partial charge < -0.3 is 20.1 Å². The second-order valence-corrected chi connectivity index (χ2v) is 5.97. The molecular formula is C21H22N4O3. The van der Waals surface area contributed by atoms with E-state index in [0.29, 0.717) is 19.0 Å². The van der Waals surface area contributed by atoms with Crippen molar-refractivity contribution in [1.29, 1.82) is 0 Å². The zero-order chi connectivity index (χ0) is 19.6. The Morgan fingerprint density at radius 1 is 0.929 bits per heavy atom. The summed E-state index contributed by atoms with van der Waals surface area (Å²) in [5.74, 6) is 1.82. The van der Waals surface area contributed by atoms with Crippen LogP contribution in [0.5, 0.6) is 11.5 Å². The number of methoxy groups -OCH3 is 1. The number of hydrogen-bond donors (Lipinski definition) is 2. The third kappa shape index (κ3) is 5.78. The van der Waals surface area contributed by atoms with Gasteiger partial charge in [-0.2, -0.15) is 0 Å². The topological polar surface area (TPSA) is 85.4 Å². The summed E-state index contributed by atoms with van der Waals surface area (Å²) >= 11 is 0. The molecule has 2 aromatic carbocycles. The van der Waals surface area contributed by atoms with E-state index in [2.05, 4.69) is 20.8 Å². The summed E-state index contributed by atoms with van der Waals surface area (Å²) in [7, 11) is 1.63. The molecule has 0 unspecified atom stereocenters. The first kappa shape index (κ1) is 19.3. The van der Waals surface area contributed by atoms with E-state index in [9.17, 15) is 4.79 Å². The van der Waals surface area contributed by atoms with Crippen LogP contribution in [0.4, 0.5) is 11.5 Å². The molecule has 0 spiro atoms. The number of hydrogen-bond acceptors (Lipinski definition) is 6. The second-order valence-electron chi connectivity index (χ2n) is 5.97. The van der Waals surface area contributed by atoms with Crippen molar-refractivity contribution in [2.24, 2.45) is 0 Å².